The van der Waals surface area contributed by atoms with E-state index in [-0.39, 0.29) is 17.4 Å². The van der Waals surface area contributed by atoms with Gasteiger partial charge < -0.3 is 29.0 Å². The summed E-state index contributed by atoms with van der Waals surface area (Å²) in [4.78, 5) is 12.7. The van der Waals surface area contributed by atoms with Crippen molar-refractivity contribution in [3.05, 3.63) is 47.5 Å². The highest BCUT2D eigenvalue weighted by Crippen LogP contribution is 2.29. The highest BCUT2D eigenvalue weighted by atomic mass is 32.1. The fourth-order valence-corrected chi connectivity index (χ4v) is 3.29. The summed E-state index contributed by atoms with van der Waals surface area (Å²) in [5.41, 5.74) is 3.78. The highest BCUT2D eigenvalue weighted by Gasteiger charge is 2.16. The summed E-state index contributed by atoms with van der Waals surface area (Å²) in [7, 11) is 4.51. The van der Waals surface area contributed by atoms with Crippen molar-refractivity contribution in [2.75, 3.05) is 34.5 Å². The molecule has 9 nitrogen and oxygen atoms in total. The number of carbonyl (C=O) groups excluding carboxylic acids is 1. The van der Waals surface area contributed by atoms with Gasteiger partial charge in [0.1, 0.15) is 11.5 Å². The third-order valence-electron chi connectivity index (χ3n) is 4.87. The summed E-state index contributed by atoms with van der Waals surface area (Å²) >= 11 is 5.21. The van der Waals surface area contributed by atoms with Crippen LogP contribution < -0.4 is 29.7 Å². The third-order valence-corrected chi connectivity index (χ3v) is 5.11. The van der Waals surface area contributed by atoms with Gasteiger partial charge in [-0.1, -0.05) is 0 Å². The van der Waals surface area contributed by atoms with Crippen molar-refractivity contribution in [2.45, 2.75) is 18.9 Å². The van der Waals surface area contributed by atoms with Gasteiger partial charge >= 0.3 is 5.97 Å². The van der Waals surface area contributed by atoms with Crippen LogP contribution in [0.1, 0.15) is 28.8 Å². The van der Waals surface area contributed by atoms with E-state index in [1.54, 1.807) is 42.6 Å². The highest BCUT2D eigenvalue weighted by molar-refractivity contribution is 7.80. The van der Waals surface area contributed by atoms with Gasteiger partial charge in [-0.15, -0.1) is 0 Å². The zero-order chi connectivity index (χ0) is 23.6. The molecule has 1 atom stereocenters. The maximum atomic E-state index is 12.7. The first kappa shape index (κ1) is 24.3. The molecule has 2 N–H and O–H groups in total. The molecule has 0 saturated carbocycles. The first-order valence-corrected chi connectivity index (χ1v) is 10.7. The molecular weight excluding hydrogens is 446 g/mol. The van der Waals surface area contributed by atoms with Crippen molar-refractivity contribution < 1.29 is 28.5 Å². The largest absolute Gasteiger partial charge is 0.497 e. The molecule has 0 amide bonds. The van der Waals surface area contributed by atoms with Crippen LogP contribution in [0.4, 0.5) is 0 Å². The van der Waals surface area contributed by atoms with E-state index >= 15 is 0 Å². The molecule has 33 heavy (non-hydrogen) atoms. The number of carbonyl (C=O) groups is 1. The summed E-state index contributed by atoms with van der Waals surface area (Å²) in [6.07, 6.45) is 3.87. The lowest BCUT2D eigenvalue weighted by molar-refractivity contribution is 0.0729. The summed E-state index contributed by atoms with van der Waals surface area (Å²) in [6.45, 7) is 1.44. The minimum atomic E-state index is -0.573. The maximum absolute atomic E-state index is 12.7. The second-order valence-corrected chi connectivity index (χ2v) is 7.52. The summed E-state index contributed by atoms with van der Waals surface area (Å²) in [6, 6.07) is 9.88. The normalized spacial score (nSPS) is 15.2. The Kier molecular flexibility index (Phi) is 8.85. The predicted octanol–water partition coefficient (Wildman–Crippen LogP) is 2.91. The molecule has 0 bridgehead atoms. The van der Waals surface area contributed by atoms with E-state index in [1.165, 1.54) is 21.3 Å². The lowest BCUT2D eigenvalue weighted by Crippen LogP contribution is -2.37. The molecule has 1 heterocycles. The van der Waals surface area contributed by atoms with E-state index in [0.717, 1.165) is 25.0 Å². The van der Waals surface area contributed by atoms with E-state index in [4.69, 9.17) is 35.9 Å². The molecule has 1 fully saturated rings. The molecule has 1 unspecified atom stereocenters. The Morgan fingerprint density at radius 3 is 2.52 bits per heavy atom. The van der Waals surface area contributed by atoms with E-state index in [9.17, 15) is 4.79 Å². The molecule has 0 aromatic heterocycles. The van der Waals surface area contributed by atoms with E-state index in [1.807, 2.05) is 0 Å². The summed E-state index contributed by atoms with van der Waals surface area (Å²) < 4.78 is 26.8. The van der Waals surface area contributed by atoms with Crippen LogP contribution in [0.3, 0.4) is 0 Å². The Balaban J connectivity index is 1.60. The number of methoxy groups -OCH3 is 3. The Labute approximate surface area is 198 Å². The molecule has 2 aromatic carbocycles. The predicted molar refractivity (Wildman–Crippen MR) is 128 cm³/mol. The number of nitrogens with one attached hydrogen (secondary N) is 2. The first-order chi connectivity index (χ1) is 16.0. The Morgan fingerprint density at radius 2 is 1.88 bits per heavy atom. The molecule has 0 radical (unpaired) electrons. The van der Waals surface area contributed by atoms with E-state index < -0.39 is 5.97 Å². The number of hydrogen-bond acceptors (Lipinski definition) is 8. The van der Waals surface area contributed by atoms with Crippen LogP contribution in [0.5, 0.6) is 23.0 Å². The van der Waals surface area contributed by atoms with Gasteiger partial charge in [-0.25, -0.2) is 4.79 Å². The van der Waals surface area contributed by atoms with Crippen molar-refractivity contribution in [3.63, 3.8) is 0 Å². The van der Waals surface area contributed by atoms with Crippen molar-refractivity contribution in [1.29, 1.82) is 0 Å². The van der Waals surface area contributed by atoms with Gasteiger partial charge in [-0.3, -0.25) is 5.43 Å². The molecular formula is C23H27N3O6S. The lowest BCUT2D eigenvalue weighted by atomic mass is 10.2. The average Bonchev–Trinajstić information content (AvgIpc) is 3.36. The molecule has 0 spiro atoms. The number of nitrogens with zero attached hydrogens (tertiary/aromatic N) is 1. The van der Waals surface area contributed by atoms with Gasteiger partial charge in [0, 0.05) is 19.2 Å². The van der Waals surface area contributed by atoms with Crippen LogP contribution in [0.15, 0.2) is 41.5 Å². The summed E-state index contributed by atoms with van der Waals surface area (Å²) in [5, 5.41) is 7.62. The number of benzene rings is 2. The molecule has 1 aliphatic rings. The van der Waals surface area contributed by atoms with E-state index in [2.05, 4.69) is 15.8 Å². The fourth-order valence-electron chi connectivity index (χ4n) is 3.15. The average molecular weight is 474 g/mol. The van der Waals surface area contributed by atoms with Gasteiger partial charge in [0.05, 0.1) is 39.2 Å². The van der Waals surface area contributed by atoms with Crippen molar-refractivity contribution in [2.24, 2.45) is 5.10 Å². The lowest BCUT2D eigenvalue weighted by Gasteiger charge is -2.12. The van der Waals surface area contributed by atoms with Gasteiger partial charge in [-0.2, -0.15) is 5.10 Å². The number of thiocarbonyl (C=S) groups is 1. The van der Waals surface area contributed by atoms with Gasteiger partial charge in [-0.05, 0) is 61.0 Å². The quantitative estimate of drug-likeness (QED) is 0.187. The standard InChI is InChI=1S/C23H27N3O6S/c1-28-18-10-16(11-19(12-18)29-2)22(27)32-20-7-6-15(9-21(20)30-3)13-25-26-23(33)24-14-17-5-4-8-31-17/h6-7,9-13,17H,4-5,8,14H2,1-3H3,(H2,24,26,33). The SMILES string of the molecule is COc1cc(OC)cc(C(=O)Oc2ccc(C=NNC(=S)NCC3CCCO3)cc2OC)c1. The van der Waals surface area contributed by atoms with Gasteiger partial charge in [0.2, 0.25) is 0 Å². The summed E-state index contributed by atoms with van der Waals surface area (Å²) in [5.74, 6) is 1.03. The van der Waals surface area contributed by atoms with E-state index in [0.29, 0.717) is 28.9 Å². The van der Waals surface area contributed by atoms with Crippen molar-refractivity contribution in [1.82, 2.24) is 10.7 Å². The Hall–Kier alpha value is -3.37. The minimum Gasteiger partial charge on any atom is -0.497 e. The molecule has 0 aliphatic carbocycles. The molecule has 10 heteroatoms. The van der Waals surface area contributed by atoms with Crippen LogP contribution in [0.25, 0.3) is 0 Å². The number of hydrazone groups is 1. The number of hydrogen-bond donors (Lipinski definition) is 2. The minimum absolute atomic E-state index is 0.186. The van der Waals surface area contributed by atoms with Crippen molar-refractivity contribution in [3.8, 4) is 23.0 Å². The number of rotatable bonds is 9. The third kappa shape index (κ3) is 7.06. The van der Waals surface area contributed by atoms with Crippen LogP contribution in [0.2, 0.25) is 0 Å². The zero-order valence-corrected chi connectivity index (χ0v) is 19.6. The smallest absolute Gasteiger partial charge is 0.343 e. The topological polar surface area (TPSA) is 99.6 Å². The molecule has 1 saturated heterocycles. The zero-order valence-electron chi connectivity index (χ0n) is 18.8. The number of ether oxygens (including phenoxy) is 5. The van der Waals surface area contributed by atoms with Crippen LogP contribution in [-0.4, -0.2) is 57.9 Å². The molecule has 3 rings (SSSR count). The fraction of sp³-hybridized carbons (Fsp3) is 0.348. The second-order valence-electron chi connectivity index (χ2n) is 7.12. The maximum Gasteiger partial charge on any atom is 0.343 e. The molecule has 176 valence electrons. The Bertz CT molecular complexity index is 985. The second kappa shape index (κ2) is 12.0. The first-order valence-electron chi connectivity index (χ1n) is 10.3. The van der Waals surface area contributed by atoms with Crippen molar-refractivity contribution >= 4 is 29.5 Å². The Morgan fingerprint density at radius 1 is 1.12 bits per heavy atom. The monoisotopic (exact) mass is 473 g/mol. The van der Waals surface area contributed by atoms with Crippen LogP contribution in [0, 0.1) is 0 Å². The number of esters is 1. The van der Waals surface area contributed by atoms with Crippen LogP contribution >= 0.6 is 12.2 Å². The van der Waals surface area contributed by atoms with Gasteiger partial charge in [0.15, 0.2) is 16.6 Å². The van der Waals surface area contributed by atoms with Crippen LogP contribution in [-0.2, 0) is 4.74 Å². The molecule has 2 aromatic rings. The molecule has 1 aliphatic heterocycles. The van der Waals surface area contributed by atoms with Gasteiger partial charge in [0.25, 0.3) is 0 Å².